The van der Waals surface area contributed by atoms with Crippen molar-refractivity contribution in [3.63, 3.8) is 0 Å². The van der Waals surface area contributed by atoms with Crippen molar-refractivity contribution in [1.29, 1.82) is 0 Å². The van der Waals surface area contributed by atoms with Gasteiger partial charge in [0.1, 0.15) is 5.82 Å². The fourth-order valence-electron chi connectivity index (χ4n) is 0.911. The van der Waals surface area contributed by atoms with E-state index in [9.17, 15) is 14.5 Å². The Kier molecular flexibility index (Phi) is 2.94. The van der Waals surface area contributed by atoms with Gasteiger partial charge >= 0.3 is 0 Å². The first-order valence-electron chi connectivity index (χ1n) is 3.38. The molecule has 0 bridgehead atoms. The van der Waals surface area contributed by atoms with E-state index in [1.807, 2.05) is 0 Å². The van der Waals surface area contributed by atoms with Crippen LogP contribution in [0.1, 0.15) is 5.56 Å². The molecule has 1 aromatic rings. The lowest BCUT2D eigenvalue weighted by Gasteiger charge is -2.01. The van der Waals surface area contributed by atoms with Gasteiger partial charge in [-0.25, -0.2) is 4.39 Å². The third-order valence-corrected chi connectivity index (χ3v) is 2.15. The lowest BCUT2D eigenvalue weighted by Crippen LogP contribution is -2.02. The topological polar surface area (TPSA) is 69.2 Å². The Morgan fingerprint density at radius 2 is 2.23 bits per heavy atom. The summed E-state index contributed by atoms with van der Waals surface area (Å²) in [5.74, 6) is -0.550. The first-order valence-corrected chi connectivity index (χ1v) is 4.18. The average molecular weight is 249 g/mol. The van der Waals surface area contributed by atoms with Gasteiger partial charge in [-0.2, -0.15) is 0 Å². The molecule has 0 saturated heterocycles. The Labute approximate surface area is 81.8 Å². The molecule has 0 saturated carbocycles. The molecule has 0 heterocycles. The number of halogens is 2. The lowest BCUT2D eigenvalue weighted by atomic mass is 10.2. The maximum Gasteiger partial charge on any atom is 0.275 e. The summed E-state index contributed by atoms with van der Waals surface area (Å²) in [6.45, 7) is -0.0550. The van der Waals surface area contributed by atoms with Crippen LogP contribution in [0, 0.1) is 15.9 Å². The van der Waals surface area contributed by atoms with E-state index >= 15 is 0 Å². The molecule has 0 spiro atoms. The molecule has 0 aliphatic rings. The van der Waals surface area contributed by atoms with Crippen molar-refractivity contribution in [2.45, 2.75) is 6.54 Å². The standard InChI is InChI=1S/C7H6BrFN2O2/c8-5-2-7(11(12)13)4(3-10)1-6(5)9/h1-2H,3,10H2. The molecule has 0 unspecified atom stereocenters. The lowest BCUT2D eigenvalue weighted by molar-refractivity contribution is -0.385. The summed E-state index contributed by atoms with van der Waals surface area (Å²) in [7, 11) is 0. The first kappa shape index (κ1) is 10.1. The zero-order valence-corrected chi connectivity index (χ0v) is 8.04. The smallest absolute Gasteiger partial charge is 0.275 e. The molecule has 0 atom stereocenters. The van der Waals surface area contributed by atoms with Gasteiger partial charge in [0.15, 0.2) is 0 Å². The summed E-state index contributed by atoms with van der Waals surface area (Å²) in [6.07, 6.45) is 0. The average Bonchev–Trinajstić information content (AvgIpc) is 2.08. The van der Waals surface area contributed by atoms with Gasteiger partial charge in [-0.05, 0) is 22.0 Å². The molecule has 0 amide bonds. The molecular weight excluding hydrogens is 243 g/mol. The molecule has 0 aliphatic carbocycles. The predicted molar refractivity (Wildman–Crippen MR) is 48.6 cm³/mol. The Hall–Kier alpha value is -1.01. The van der Waals surface area contributed by atoms with E-state index in [1.54, 1.807) is 0 Å². The molecule has 0 radical (unpaired) electrons. The van der Waals surface area contributed by atoms with E-state index in [4.69, 9.17) is 5.73 Å². The Balaban J connectivity index is 3.33. The summed E-state index contributed by atoms with van der Waals surface area (Å²) >= 11 is 2.86. The molecule has 0 fully saturated rings. The monoisotopic (exact) mass is 248 g/mol. The van der Waals surface area contributed by atoms with Gasteiger partial charge in [-0.3, -0.25) is 10.1 Å². The predicted octanol–water partition coefficient (Wildman–Crippen LogP) is 1.96. The van der Waals surface area contributed by atoms with Crippen LogP contribution in [-0.2, 0) is 6.54 Å². The Bertz CT molecular complexity index is 357. The fraction of sp³-hybridized carbons (Fsp3) is 0.143. The van der Waals surface area contributed by atoms with Crippen LogP contribution in [0.3, 0.4) is 0 Å². The van der Waals surface area contributed by atoms with Crippen molar-refractivity contribution in [1.82, 2.24) is 0 Å². The minimum absolute atomic E-state index is 0.0550. The third kappa shape index (κ3) is 2.02. The van der Waals surface area contributed by atoms with Crippen LogP contribution in [0.2, 0.25) is 0 Å². The van der Waals surface area contributed by atoms with Crippen LogP contribution in [0.4, 0.5) is 10.1 Å². The summed E-state index contributed by atoms with van der Waals surface area (Å²) in [4.78, 5) is 9.86. The second-order valence-corrected chi connectivity index (χ2v) is 3.21. The summed E-state index contributed by atoms with van der Waals surface area (Å²) in [5, 5.41) is 10.5. The van der Waals surface area contributed by atoms with Crippen molar-refractivity contribution >= 4 is 21.6 Å². The van der Waals surface area contributed by atoms with Gasteiger partial charge in [-0.1, -0.05) is 0 Å². The highest BCUT2D eigenvalue weighted by molar-refractivity contribution is 9.10. The normalized spacial score (nSPS) is 10.1. The molecule has 6 heteroatoms. The Morgan fingerprint density at radius 1 is 1.62 bits per heavy atom. The molecule has 0 aromatic heterocycles. The van der Waals surface area contributed by atoms with Crippen molar-refractivity contribution in [2.75, 3.05) is 0 Å². The summed E-state index contributed by atoms with van der Waals surface area (Å²) in [5.41, 5.74) is 5.24. The third-order valence-electron chi connectivity index (χ3n) is 1.54. The number of nitrogens with zero attached hydrogens (tertiary/aromatic N) is 1. The minimum atomic E-state index is -0.591. The van der Waals surface area contributed by atoms with Crippen LogP contribution in [0.25, 0.3) is 0 Å². The van der Waals surface area contributed by atoms with Crippen molar-refractivity contribution < 1.29 is 9.31 Å². The van der Waals surface area contributed by atoms with E-state index in [-0.39, 0.29) is 22.3 Å². The first-order chi connectivity index (χ1) is 6.06. The van der Waals surface area contributed by atoms with Crippen LogP contribution in [-0.4, -0.2) is 4.92 Å². The number of nitro benzene ring substituents is 1. The molecule has 13 heavy (non-hydrogen) atoms. The molecule has 70 valence electrons. The van der Waals surface area contributed by atoms with Crippen LogP contribution in [0.5, 0.6) is 0 Å². The van der Waals surface area contributed by atoms with Gasteiger partial charge in [0.25, 0.3) is 5.69 Å². The van der Waals surface area contributed by atoms with E-state index in [1.165, 1.54) is 0 Å². The largest absolute Gasteiger partial charge is 0.326 e. The molecular formula is C7H6BrFN2O2. The van der Waals surface area contributed by atoms with Gasteiger partial charge in [0.2, 0.25) is 0 Å². The second-order valence-electron chi connectivity index (χ2n) is 2.36. The van der Waals surface area contributed by atoms with Gasteiger partial charge < -0.3 is 5.73 Å². The van der Waals surface area contributed by atoms with Gasteiger partial charge in [-0.15, -0.1) is 0 Å². The number of hydrogen-bond acceptors (Lipinski definition) is 3. The highest BCUT2D eigenvalue weighted by Crippen LogP contribution is 2.25. The van der Waals surface area contributed by atoms with Crippen molar-refractivity contribution in [3.8, 4) is 0 Å². The molecule has 2 N–H and O–H groups in total. The number of rotatable bonds is 2. The molecule has 1 rings (SSSR count). The highest BCUT2D eigenvalue weighted by Gasteiger charge is 2.15. The fourth-order valence-corrected chi connectivity index (χ4v) is 1.24. The SMILES string of the molecule is NCc1cc(F)c(Br)cc1[N+](=O)[O-]. The molecule has 0 aliphatic heterocycles. The molecule has 1 aromatic carbocycles. The minimum Gasteiger partial charge on any atom is -0.326 e. The van der Waals surface area contributed by atoms with E-state index in [2.05, 4.69) is 15.9 Å². The number of benzene rings is 1. The Morgan fingerprint density at radius 3 is 2.69 bits per heavy atom. The number of hydrogen-bond donors (Lipinski definition) is 1. The summed E-state index contributed by atoms with van der Waals surface area (Å²) in [6, 6.07) is 2.17. The maximum absolute atomic E-state index is 12.9. The zero-order valence-electron chi connectivity index (χ0n) is 6.46. The van der Waals surface area contributed by atoms with E-state index in [0.717, 1.165) is 12.1 Å². The van der Waals surface area contributed by atoms with E-state index in [0.29, 0.717) is 0 Å². The van der Waals surface area contributed by atoms with Gasteiger partial charge in [0, 0.05) is 18.2 Å². The quantitative estimate of drug-likeness (QED) is 0.643. The number of nitrogens with two attached hydrogens (primary N) is 1. The van der Waals surface area contributed by atoms with Crippen LogP contribution < -0.4 is 5.73 Å². The zero-order chi connectivity index (χ0) is 10.0. The van der Waals surface area contributed by atoms with Crippen molar-refractivity contribution in [2.24, 2.45) is 5.73 Å². The highest BCUT2D eigenvalue weighted by atomic mass is 79.9. The second kappa shape index (κ2) is 3.80. The van der Waals surface area contributed by atoms with E-state index < -0.39 is 10.7 Å². The number of nitro groups is 1. The maximum atomic E-state index is 12.9. The van der Waals surface area contributed by atoms with Crippen molar-refractivity contribution in [3.05, 3.63) is 38.1 Å². The van der Waals surface area contributed by atoms with Gasteiger partial charge in [0.05, 0.1) is 9.40 Å². The molecule has 4 nitrogen and oxygen atoms in total. The van der Waals surface area contributed by atoms with Crippen LogP contribution >= 0.6 is 15.9 Å². The summed E-state index contributed by atoms with van der Waals surface area (Å²) < 4.78 is 13.0. The van der Waals surface area contributed by atoms with Crippen LogP contribution in [0.15, 0.2) is 16.6 Å².